The first-order valence-corrected chi connectivity index (χ1v) is 13.7. The number of rotatable bonds is 7. The Balaban J connectivity index is 1.42. The molecule has 3 N–H and O–H groups in total. The van der Waals surface area contributed by atoms with Crippen molar-refractivity contribution in [3.63, 3.8) is 0 Å². The van der Waals surface area contributed by atoms with E-state index in [9.17, 15) is 9.59 Å². The molecular formula is C33H34N6O3. The maximum atomic E-state index is 13.4. The molecule has 0 aliphatic rings. The molecule has 0 bridgehead atoms. The highest BCUT2D eigenvalue weighted by Gasteiger charge is 2.22. The molecule has 0 saturated heterocycles. The van der Waals surface area contributed by atoms with Gasteiger partial charge in [-0.15, -0.1) is 0 Å². The summed E-state index contributed by atoms with van der Waals surface area (Å²) in [6.07, 6.45) is 1.61. The average Bonchev–Trinajstić information content (AvgIpc) is 3.37. The van der Waals surface area contributed by atoms with Crippen molar-refractivity contribution in [1.29, 1.82) is 0 Å². The smallest absolute Gasteiger partial charge is 0.324 e. The van der Waals surface area contributed by atoms with Crippen LogP contribution in [0, 0.1) is 6.92 Å². The van der Waals surface area contributed by atoms with Gasteiger partial charge in [0.2, 0.25) is 5.91 Å². The third kappa shape index (κ3) is 6.58. The van der Waals surface area contributed by atoms with E-state index in [0.29, 0.717) is 23.1 Å². The summed E-state index contributed by atoms with van der Waals surface area (Å²) in [5.41, 5.74) is 3.94. The number of carbonyl (C=O) groups is 2. The Morgan fingerprint density at radius 3 is 2.40 bits per heavy atom. The SMILES string of the molecule is CC(=O)Nc1cc(COc2c(NC(=O)Nc3cc(C(C)(C)C)nn3-c3ccc(C)cc3)ccc3ccccc23)ccn1. The first-order valence-electron chi connectivity index (χ1n) is 13.7. The second kappa shape index (κ2) is 11.7. The third-order valence-corrected chi connectivity index (χ3v) is 6.64. The van der Waals surface area contributed by atoms with E-state index in [4.69, 9.17) is 9.84 Å². The van der Waals surface area contributed by atoms with E-state index in [0.717, 1.165) is 33.3 Å². The highest BCUT2D eigenvalue weighted by molar-refractivity contribution is 6.04. The van der Waals surface area contributed by atoms with Crippen LogP contribution in [-0.2, 0) is 16.8 Å². The summed E-state index contributed by atoms with van der Waals surface area (Å²) >= 11 is 0. The Labute approximate surface area is 244 Å². The quantitative estimate of drug-likeness (QED) is 0.194. The monoisotopic (exact) mass is 562 g/mol. The van der Waals surface area contributed by atoms with Gasteiger partial charge in [-0.1, -0.05) is 68.8 Å². The zero-order valence-corrected chi connectivity index (χ0v) is 24.4. The fraction of sp³-hybridized carbons (Fsp3) is 0.212. The molecule has 0 radical (unpaired) electrons. The fourth-order valence-electron chi connectivity index (χ4n) is 4.45. The van der Waals surface area contributed by atoms with Crippen LogP contribution in [0.2, 0.25) is 0 Å². The number of aromatic nitrogens is 3. The van der Waals surface area contributed by atoms with Gasteiger partial charge in [-0.2, -0.15) is 5.10 Å². The van der Waals surface area contributed by atoms with Gasteiger partial charge in [-0.25, -0.2) is 14.5 Å². The molecule has 9 nitrogen and oxygen atoms in total. The van der Waals surface area contributed by atoms with Crippen molar-refractivity contribution >= 4 is 40.0 Å². The van der Waals surface area contributed by atoms with Crippen LogP contribution in [0.1, 0.15) is 44.5 Å². The second-order valence-corrected chi connectivity index (χ2v) is 11.2. The molecule has 214 valence electrons. The van der Waals surface area contributed by atoms with Gasteiger partial charge in [0.05, 0.1) is 17.1 Å². The van der Waals surface area contributed by atoms with Crippen molar-refractivity contribution < 1.29 is 14.3 Å². The van der Waals surface area contributed by atoms with Gasteiger partial charge < -0.3 is 15.4 Å². The summed E-state index contributed by atoms with van der Waals surface area (Å²) in [6, 6.07) is 24.6. The van der Waals surface area contributed by atoms with Gasteiger partial charge in [0.15, 0.2) is 5.75 Å². The Morgan fingerprint density at radius 1 is 0.905 bits per heavy atom. The van der Waals surface area contributed by atoms with Crippen molar-refractivity contribution in [3.05, 3.63) is 102 Å². The minimum absolute atomic E-state index is 0.203. The largest absolute Gasteiger partial charge is 0.486 e. The lowest BCUT2D eigenvalue weighted by atomic mass is 9.92. The predicted octanol–water partition coefficient (Wildman–Crippen LogP) is 7.21. The van der Waals surface area contributed by atoms with Crippen molar-refractivity contribution in [2.45, 2.75) is 46.6 Å². The maximum absolute atomic E-state index is 13.4. The van der Waals surface area contributed by atoms with Crippen LogP contribution < -0.4 is 20.7 Å². The molecule has 0 aliphatic heterocycles. The van der Waals surface area contributed by atoms with Gasteiger partial charge in [0.25, 0.3) is 0 Å². The molecule has 0 atom stereocenters. The van der Waals surface area contributed by atoms with Crippen molar-refractivity contribution in [2.75, 3.05) is 16.0 Å². The molecule has 0 spiro atoms. The number of amides is 3. The van der Waals surface area contributed by atoms with E-state index in [1.54, 1.807) is 16.9 Å². The molecule has 5 aromatic rings. The highest BCUT2D eigenvalue weighted by Crippen LogP contribution is 2.35. The number of benzene rings is 3. The number of fused-ring (bicyclic) bond motifs is 1. The summed E-state index contributed by atoms with van der Waals surface area (Å²) in [5, 5.41) is 15.3. The molecule has 0 saturated carbocycles. The summed E-state index contributed by atoms with van der Waals surface area (Å²) in [6.45, 7) is 9.91. The third-order valence-electron chi connectivity index (χ3n) is 6.64. The van der Waals surface area contributed by atoms with Crippen molar-refractivity contribution in [1.82, 2.24) is 14.8 Å². The van der Waals surface area contributed by atoms with Crippen LogP contribution in [0.4, 0.5) is 22.1 Å². The number of anilines is 3. The Bertz CT molecular complexity index is 1750. The van der Waals surface area contributed by atoms with Crippen LogP contribution in [0.5, 0.6) is 5.75 Å². The lowest BCUT2D eigenvalue weighted by molar-refractivity contribution is -0.114. The normalized spacial score (nSPS) is 11.3. The molecule has 9 heteroatoms. The van der Waals surface area contributed by atoms with E-state index in [2.05, 4.69) is 41.7 Å². The van der Waals surface area contributed by atoms with E-state index in [1.807, 2.05) is 79.7 Å². The molecule has 3 aromatic carbocycles. The summed E-state index contributed by atoms with van der Waals surface area (Å²) in [5.74, 6) is 1.32. The number of pyridine rings is 1. The van der Waals surface area contributed by atoms with Gasteiger partial charge in [0, 0.05) is 30.0 Å². The molecule has 2 aromatic heterocycles. The predicted molar refractivity (Wildman–Crippen MR) is 166 cm³/mol. The molecule has 0 aliphatic carbocycles. The molecule has 0 unspecified atom stereocenters. The van der Waals surface area contributed by atoms with Gasteiger partial charge in [-0.3, -0.25) is 10.1 Å². The number of aryl methyl sites for hydroxylation is 1. The fourth-order valence-corrected chi connectivity index (χ4v) is 4.45. The van der Waals surface area contributed by atoms with Crippen LogP contribution >= 0.6 is 0 Å². The van der Waals surface area contributed by atoms with E-state index < -0.39 is 6.03 Å². The average molecular weight is 563 g/mol. The van der Waals surface area contributed by atoms with Crippen LogP contribution in [-0.4, -0.2) is 26.7 Å². The maximum Gasteiger partial charge on any atom is 0.324 e. The molecular weight excluding hydrogens is 528 g/mol. The highest BCUT2D eigenvalue weighted by atomic mass is 16.5. The number of hydrogen-bond donors (Lipinski definition) is 3. The van der Waals surface area contributed by atoms with Gasteiger partial charge in [0.1, 0.15) is 18.2 Å². The minimum atomic E-state index is -0.430. The zero-order valence-electron chi connectivity index (χ0n) is 24.4. The summed E-state index contributed by atoms with van der Waals surface area (Å²) in [4.78, 5) is 29.1. The first kappa shape index (κ1) is 28.4. The number of urea groups is 1. The number of nitrogens with zero attached hydrogens (tertiary/aromatic N) is 3. The minimum Gasteiger partial charge on any atom is -0.486 e. The van der Waals surface area contributed by atoms with Crippen LogP contribution in [0.25, 0.3) is 16.5 Å². The Hall–Kier alpha value is -5.18. The first-order chi connectivity index (χ1) is 20.1. The number of ether oxygens (including phenoxy) is 1. The lowest BCUT2D eigenvalue weighted by Gasteiger charge is -2.16. The molecule has 42 heavy (non-hydrogen) atoms. The van der Waals surface area contributed by atoms with Crippen LogP contribution in [0.3, 0.4) is 0 Å². The van der Waals surface area contributed by atoms with Crippen LogP contribution in [0.15, 0.2) is 85.1 Å². The number of carbonyl (C=O) groups excluding carboxylic acids is 2. The van der Waals surface area contributed by atoms with Gasteiger partial charge in [-0.05, 0) is 48.2 Å². The standard InChI is InChI=1S/C33H34N6O3/c1-21-10-13-25(14-11-21)39-30(19-28(38-39)33(3,4)5)37-32(41)36-27-15-12-24-8-6-7-9-26(24)31(27)42-20-23-16-17-34-29(18-23)35-22(2)40/h6-19H,20H2,1-5H3,(H,34,35,40)(H2,36,37,41). The van der Waals surface area contributed by atoms with Crippen molar-refractivity contribution in [3.8, 4) is 11.4 Å². The molecule has 3 amide bonds. The number of hydrogen-bond acceptors (Lipinski definition) is 5. The van der Waals surface area contributed by atoms with E-state index in [1.165, 1.54) is 6.92 Å². The van der Waals surface area contributed by atoms with Gasteiger partial charge >= 0.3 is 6.03 Å². The molecule has 0 fully saturated rings. The molecule has 5 rings (SSSR count). The summed E-state index contributed by atoms with van der Waals surface area (Å²) < 4.78 is 8.04. The van der Waals surface area contributed by atoms with Crippen molar-refractivity contribution in [2.24, 2.45) is 0 Å². The number of nitrogens with one attached hydrogen (secondary N) is 3. The van der Waals surface area contributed by atoms with E-state index in [-0.39, 0.29) is 17.9 Å². The Morgan fingerprint density at radius 2 is 1.67 bits per heavy atom. The lowest BCUT2D eigenvalue weighted by Crippen LogP contribution is -2.21. The van der Waals surface area contributed by atoms with E-state index >= 15 is 0 Å². The topological polar surface area (TPSA) is 110 Å². The Kier molecular flexibility index (Phi) is 7.93. The second-order valence-electron chi connectivity index (χ2n) is 11.2. The summed E-state index contributed by atoms with van der Waals surface area (Å²) in [7, 11) is 0. The zero-order chi connectivity index (χ0) is 29.9. The molecule has 2 heterocycles.